The van der Waals surface area contributed by atoms with Crippen molar-refractivity contribution in [2.24, 2.45) is 5.73 Å². The molecule has 3 rings (SSSR count). The summed E-state index contributed by atoms with van der Waals surface area (Å²) in [6.45, 7) is 3.17. The van der Waals surface area contributed by atoms with Gasteiger partial charge in [0.15, 0.2) is 0 Å². The zero-order valence-corrected chi connectivity index (χ0v) is 16.4. The van der Waals surface area contributed by atoms with Crippen LogP contribution in [0.15, 0.2) is 24.3 Å². The zero-order valence-electron chi connectivity index (χ0n) is 14.8. The molecule has 0 bridgehead atoms. The number of nitrogens with zero attached hydrogens (tertiary/aromatic N) is 2. The van der Waals surface area contributed by atoms with Crippen molar-refractivity contribution < 1.29 is 9.53 Å². The first-order valence-corrected chi connectivity index (χ1v) is 8.60. The number of benzene rings is 1. The molecule has 1 aliphatic carbocycles. The third-order valence-corrected chi connectivity index (χ3v) is 5.16. The molecule has 2 aliphatic rings. The van der Waals surface area contributed by atoms with Crippen molar-refractivity contribution in [2.75, 3.05) is 38.2 Å². The van der Waals surface area contributed by atoms with Gasteiger partial charge in [-0.2, -0.15) is 0 Å². The number of halogens is 2. The molecule has 1 heterocycles. The molecule has 25 heavy (non-hydrogen) atoms. The molecule has 0 radical (unpaired) electrons. The number of nitrogens with two attached hydrogens (primary N) is 1. The molecule has 142 valence electrons. The summed E-state index contributed by atoms with van der Waals surface area (Å²) in [7, 11) is 1.68. The van der Waals surface area contributed by atoms with Crippen LogP contribution in [0.25, 0.3) is 0 Å². The summed E-state index contributed by atoms with van der Waals surface area (Å²) in [6, 6.07) is 8.09. The number of hydrogen-bond acceptors (Lipinski definition) is 4. The van der Waals surface area contributed by atoms with Gasteiger partial charge in [0.25, 0.3) is 0 Å². The van der Waals surface area contributed by atoms with Gasteiger partial charge in [0, 0.05) is 37.9 Å². The van der Waals surface area contributed by atoms with E-state index < -0.39 is 5.54 Å². The van der Waals surface area contributed by atoms with Crippen LogP contribution in [0, 0.1) is 0 Å². The van der Waals surface area contributed by atoms with E-state index in [1.807, 2.05) is 23.1 Å². The second-order valence-corrected chi connectivity index (χ2v) is 6.70. The van der Waals surface area contributed by atoms with Gasteiger partial charge >= 0.3 is 0 Å². The van der Waals surface area contributed by atoms with Crippen molar-refractivity contribution in [1.29, 1.82) is 0 Å². The van der Waals surface area contributed by atoms with Crippen LogP contribution in [0.1, 0.15) is 32.1 Å². The van der Waals surface area contributed by atoms with E-state index in [0.29, 0.717) is 0 Å². The summed E-state index contributed by atoms with van der Waals surface area (Å²) in [5.41, 5.74) is 6.93. The lowest BCUT2D eigenvalue weighted by Gasteiger charge is -2.41. The fourth-order valence-corrected chi connectivity index (χ4v) is 3.69. The molecular formula is C18H29Cl2N3O2. The Morgan fingerprint density at radius 2 is 1.72 bits per heavy atom. The quantitative estimate of drug-likeness (QED) is 0.863. The fraction of sp³-hybridized carbons (Fsp3) is 0.611. The maximum atomic E-state index is 12.8. The van der Waals surface area contributed by atoms with Gasteiger partial charge in [-0.05, 0) is 25.0 Å². The SMILES string of the molecule is COc1cccc(N2CCN(C(=O)C3(N)CCCCC3)CC2)c1.Cl.Cl. The maximum absolute atomic E-state index is 12.8. The molecule has 1 aliphatic heterocycles. The Labute approximate surface area is 162 Å². The van der Waals surface area contributed by atoms with Gasteiger partial charge < -0.3 is 20.3 Å². The van der Waals surface area contributed by atoms with Gasteiger partial charge in [-0.25, -0.2) is 0 Å². The second kappa shape index (κ2) is 9.51. The van der Waals surface area contributed by atoms with Crippen LogP contribution in [-0.4, -0.2) is 49.6 Å². The van der Waals surface area contributed by atoms with Crippen LogP contribution in [0.4, 0.5) is 5.69 Å². The van der Waals surface area contributed by atoms with Gasteiger partial charge in [-0.3, -0.25) is 4.79 Å². The number of carbonyl (C=O) groups excluding carboxylic acids is 1. The topological polar surface area (TPSA) is 58.8 Å². The number of anilines is 1. The number of piperazine rings is 1. The molecule has 2 fully saturated rings. The van der Waals surface area contributed by atoms with Crippen LogP contribution in [0.3, 0.4) is 0 Å². The summed E-state index contributed by atoms with van der Waals surface area (Å²) in [4.78, 5) is 17.0. The largest absolute Gasteiger partial charge is 0.497 e. The van der Waals surface area contributed by atoms with Crippen molar-refractivity contribution >= 4 is 36.4 Å². The summed E-state index contributed by atoms with van der Waals surface area (Å²) < 4.78 is 5.29. The lowest BCUT2D eigenvalue weighted by molar-refractivity contribution is -0.138. The number of hydrogen-bond donors (Lipinski definition) is 1. The summed E-state index contributed by atoms with van der Waals surface area (Å²) in [5.74, 6) is 1.02. The number of methoxy groups -OCH3 is 1. The van der Waals surface area contributed by atoms with Crippen molar-refractivity contribution in [2.45, 2.75) is 37.6 Å². The molecule has 0 aromatic heterocycles. The van der Waals surface area contributed by atoms with E-state index in [9.17, 15) is 4.79 Å². The Hall–Kier alpha value is -1.17. The Balaban J connectivity index is 0.00000156. The third kappa shape index (κ3) is 4.93. The lowest BCUT2D eigenvalue weighted by Crippen LogP contribution is -2.60. The predicted octanol–water partition coefficient (Wildman–Crippen LogP) is 2.85. The highest BCUT2D eigenvalue weighted by atomic mass is 35.5. The van der Waals surface area contributed by atoms with Gasteiger partial charge in [0.05, 0.1) is 12.6 Å². The van der Waals surface area contributed by atoms with E-state index in [-0.39, 0.29) is 30.7 Å². The summed E-state index contributed by atoms with van der Waals surface area (Å²) in [5, 5.41) is 0. The monoisotopic (exact) mass is 389 g/mol. The minimum atomic E-state index is -0.615. The minimum Gasteiger partial charge on any atom is -0.497 e. The highest BCUT2D eigenvalue weighted by Gasteiger charge is 2.39. The van der Waals surface area contributed by atoms with Gasteiger partial charge in [0.1, 0.15) is 5.75 Å². The first-order valence-electron chi connectivity index (χ1n) is 8.60. The van der Waals surface area contributed by atoms with E-state index in [0.717, 1.165) is 63.3 Å². The summed E-state index contributed by atoms with van der Waals surface area (Å²) in [6.07, 6.45) is 5.03. The molecular weight excluding hydrogens is 361 g/mol. The van der Waals surface area contributed by atoms with E-state index in [1.165, 1.54) is 6.42 Å². The molecule has 1 aromatic rings. The molecule has 1 aromatic carbocycles. The first-order chi connectivity index (χ1) is 11.1. The smallest absolute Gasteiger partial charge is 0.242 e. The second-order valence-electron chi connectivity index (χ2n) is 6.70. The minimum absolute atomic E-state index is 0. The van der Waals surface area contributed by atoms with Crippen LogP contribution < -0.4 is 15.4 Å². The maximum Gasteiger partial charge on any atom is 0.242 e. The molecule has 5 nitrogen and oxygen atoms in total. The average molecular weight is 390 g/mol. The molecule has 1 amide bonds. The number of carbonyl (C=O) groups is 1. The van der Waals surface area contributed by atoms with E-state index in [1.54, 1.807) is 7.11 Å². The third-order valence-electron chi connectivity index (χ3n) is 5.16. The molecule has 0 unspecified atom stereocenters. The molecule has 2 N–H and O–H groups in total. The highest BCUT2D eigenvalue weighted by molar-refractivity contribution is 5.86. The first kappa shape index (κ1) is 21.9. The molecule has 0 atom stereocenters. The van der Waals surface area contributed by atoms with Crippen LogP contribution >= 0.6 is 24.8 Å². The Morgan fingerprint density at radius 1 is 1.08 bits per heavy atom. The summed E-state index contributed by atoms with van der Waals surface area (Å²) >= 11 is 0. The van der Waals surface area contributed by atoms with Crippen molar-refractivity contribution in [3.8, 4) is 5.75 Å². The molecule has 0 spiro atoms. The number of rotatable bonds is 3. The molecule has 1 saturated carbocycles. The van der Waals surface area contributed by atoms with E-state index >= 15 is 0 Å². The standard InChI is InChI=1S/C18H27N3O2.2ClH/c1-23-16-7-5-6-15(14-16)20-10-12-21(13-11-20)17(22)18(19)8-3-2-4-9-18;;/h5-7,14H,2-4,8-13,19H2,1H3;2*1H. The number of amides is 1. The molecule has 1 saturated heterocycles. The average Bonchev–Trinajstić information content (AvgIpc) is 2.62. The van der Waals surface area contributed by atoms with Crippen LogP contribution in [0.2, 0.25) is 0 Å². The van der Waals surface area contributed by atoms with Gasteiger partial charge in [-0.1, -0.05) is 25.3 Å². The highest BCUT2D eigenvalue weighted by Crippen LogP contribution is 2.29. The van der Waals surface area contributed by atoms with E-state index in [4.69, 9.17) is 10.5 Å². The zero-order chi connectivity index (χ0) is 16.3. The van der Waals surface area contributed by atoms with E-state index in [2.05, 4.69) is 11.0 Å². The van der Waals surface area contributed by atoms with Crippen molar-refractivity contribution in [3.63, 3.8) is 0 Å². The Bertz CT molecular complexity index is 557. The normalized spacial score (nSPS) is 19.4. The molecule has 7 heteroatoms. The van der Waals surface area contributed by atoms with Gasteiger partial charge in [0.2, 0.25) is 5.91 Å². The Morgan fingerprint density at radius 3 is 2.32 bits per heavy atom. The van der Waals surface area contributed by atoms with Gasteiger partial charge in [-0.15, -0.1) is 24.8 Å². The predicted molar refractivity (Wildman–Crippen MR) is 106 cm³/mol. The van der Waals surface area contributed by atoms with Crippen molar-refractivity contribution in [3.05, 3.63) is 24.3 Å². The fourth-order valence-electron chi connectivity index (χ4n) is 3.69. The van der Waals surface area contributed by atoms with Crippen molar-refractivity contribution in [1.82, 2.24) is 4.90 Å². The number of ether oxygens (including phenoxy) is 1. The lowest BCUT2D eigenvalue weighted by atomic mass is 9.81. The van der Waals surface area contributed by atoms with Crippen LogP contribution in [0.5, 0.6) is 5.75 Å². The Kier molecular flexibility index (Phi) is 8.32. The van der Waals surface area contributed by atoms with Crippen LogP contribution in [-0.2, 0) is 4.79 Å².